The Balaban J connectivity index is 1.68. The van der Waals surface area contributed by atoms with E-state index < -0.39 is 5.97 Å². The highest BCUT2D eigenvalue weighted by molar-refractivity contribution is 5.87. The van der Waals surface area contributed by atoms with Crippen LogP contribution in [0.15, 0.2) is 54.7 Å². The Morgan fingerprint density at radius 2 is 1.83 bits per heavy atom. The number of carboxylic acid groups (broad SMARTS) is 1. The lowest BCUT2D eigenvalue weighted by Gasteiger charge is -2.05. The fourth-order valence-corrected chi connectivity index (χ4v) is 3.00. The number of aromatic nitrogens is 1. The number of para-hydroxylation sites is 1. The van der Waals surface area contributed by atoms with E-state index in [0.29, 0.717) is 12.1 Å². The van der Waals surface area contributed by atoms with Gasteiger partial charge >= 0.3 is 5.97 Å². The highest BCUT2D eigenvalue weighted by atomic mass is 16.4. The predicted molar refractivity (Wildman–Crippen MR) is 96.2 cm³/mol. The Morgan fingerprint density at radius 1 is 1.08 bits per heavy atom. The van der Waals surface area contributed by atoms with Gasteiger partial charge in [0.2, 0.25) is 0 Å². The molecule has 0 saturated carbocycles. The van der Waals surface area contributed by atoms with Gasteiger partial charge in [0.05, 0.1) is 5.56 Å². The number of nitrogens with zero attached hydrogens (tertiary/aromatic N) is 1. The van der Waals surface area contributed by atoms with Crippen molar-refractivity contribution in [3.8, 4) is 0 Å². The SMILES string of the molecule is CCCn1cc(CNCc2ccc(C(=O)O)cc2)c2ccccc21. The summed E-state index contributed by atoms with van der Waals surface area (Å²) in [4.78, 5) is 10.9. The number of hydrogen-bond donors (Lipinski definition) is 2. The van der Waals surface area contributed by atoms with Crippen LogP contribution >= 0.6 is 0 Å². The van der Waals surface area contributed by atoms with Gasteiger partial charge in [-0.25, -0.2) is 4.79 Å². The summed E-state index contributed by atoms with van der Waals surface area (Å²) in [5.74, 6) is -0.891. The van der Waals surface area contributed by atoms with Gasteiger partial charge in [0.25, 0.3) is 0 Å². The maximum Gasteiger partial charge on any atom is 0.335 e. The fraction of sp³-hybridized carbons (Fsp3) is 0.250. The molecule has 0 unspecified atom stereocenters. The van der Waals surface area contributed by atoms with Gasteiger partial charge in [-0.15, -0.1) is 0 Å². The van der Waals surface area contributed by atoms with E-state index in [1.807, 2.05) is 12.1 Å². The third-order valence-corrected chi connectivity index (χ3v) is 4.18. The van der Waals surface area contributed by atoms with E-state index in [2.05, 4.69) is 47.3 Å². The molecule has 4 heteroatoms. The van der Waals surface area contributed by atoms with Crippen LogP contribution in [0.2, 0.25) is 0 Å². The maximum absolute atomic E-state index is 10.9. The second-order valence-electron chi connectivity index (χ2n) is 5.97. The number of fused-ring (bicyclic) bond motifs is 1. The van der Waals surface area contributed by atoms with Crippen molar-refractivity contribution >= 4 is 16.9 Å². The minimum absolute atomic E-state index is 0.321. The number of nitrogens with one attached hydrogen (secondary N) is 1. The molecule has 0 saturated heterocycles. The average Bonchev–Trinajstić information content (AvgIpc) is 2.94. The molecule has 0 spiro atoms. The molecule has 0 atom stereocenters. The van der Waals surface area contributed by atoms with E-state index in [-0.39, 0.29) is 0 Å². The minimum atomic E-state index is -0.891. The zero-order chi connectivity index (χ0) is 16.9. The van der Waals surface area contributed by atoms with Gasteiger partial charge in [-0.2, -0.15) is 0 Å². The number of carbonyl (C=O) groups is 1. The van der Waals surface area contributed by atoms with Crippen molar-refractivity contribution in [1.82, 2.24) is 9.88 Å². The molecule has 0 aliphatic heterocycles. The molecule has 3 aromatic rings. The quantitative estimate of drug-likeness (QED) is 0.690. The van der Waals surface area contributed by atoms with Crippen LogP contribution in [0.25, 0.3) is 10.9 Å². The molecule has 0 aliphatic rings. The Hall–Kier alpha value is -2.59. The van der Waals surface area contributed by atoms with Gasteiger partial charge in [-0.05, 0) is 35.7 Å². The van der Waals surface area contributed by atoms with Gasteiger partial charge in [0.15, 0.2) is 0 Å². The first-order chi connectivity index (χ1) is 11.7. The summed E-state index contributed by atoms with van der Waals surface area (Å²) in [6.45, 7) is 4.72. The van der Waals surface area contributed by atoms with Gasteiger partial charge < -0.3 is 15.0 Å². The van der Waals surface area contributed by atoms with Crippen molar-refractivity contribution in [2.45, 2.75) is 33.0 Å². The monoisotopic (exact) mass is 322 g/mol. The van der Waals surface area contributed by atoms with E-state index in [0.717, 1.165) is 25.1 Å². The summed E-state index contributed by atoms with van der Waals surface area (Å²) in [6, 6.07) is 15.5. The Bertz CT molecular complexity index is 834. The van der Waals surface area contributed by atoms with Crippen LogP contribution in [0.4, 0.5) is 0 Å². The highest BCUT2D eigenvalue weighted by Crippen LogP contribution is 2.21. The molecule has 4 nitrogen and oxygen atoms in total. The molecule has 124 valence electrons. The normalized spacial score (nSPS) is 11.0. The van der Waals surface area contributed by atoms with E-state index in [1.165, 1.54) is 16.5 Å². The van der Waals surface area contributed by atoms with Crippen molar-refractivity contribution in [1.29, 1.82) is 0 Å². The summed E-state index contributed by atoms with van der Waals surface area (Å²) >= 11 is 0. The van der Waals surface area contributed by atoms with Gasteiger partial charge in [0.1, 0.15) is 0 Å². The van der Waals surface area contributed by atoms with Crippen LogP contribution in [0.3, 0.4) is 0 Å². The number of aryl methyl sites for hydroxylation is 1. The van der Waals surface area contributed by atoms with Gasteiger partial charge in [-0.3, -0.25) is 0 Å². The van der Waals surface area contributed by atoms with Crippen LogP contribution in [0.5, 0.6) is 0 Å². The summed E-state index contributed by atoms with van der Waals surface area (Å²) in [5, 5.41) is 13.7. The second kappa shape index (κ2) is 7.32. The Kier molecular flexibility index (Phi) is 4.96. The van der Waals surface area contributed by atoms with Crippen molar-refractivity contribution in [3.63, 3.8) is 0 Å². The molecule has 0 amide bonds. The molecule has 0 bridgehead atoms. The first-order valence-corrected chi connectivity index (χ1v) is 8.28. The molecule has 0 fully saturated rings. The zero-order valence-corrected chi connectivity index (χ0v) is 13.8. The van der Waals surface area contributed by atoms with Gasteiger partial charge in [0, 0.05) is 36.7 Å². The standard InChI is InChI=1S/C20H22N2O2/c1-2-11-22-14-17(18-5-3-4-6-19(18)22)13-21-12-15-7-9-16(10-8-15)20(23)24/h3-10,14,21H,2,11-13H2,1H3,(H,23,24). The van der Waals surface area contributed by atoms with Crippen LogP contribution in [0.1, 0.15) is 34.8 Å². The number of rotatable bonds is 7. The van der Waals surface area contributed by atoms with Crippen molar-refractivity contribution in [3.05, 3.63) is 71.4 Å². The third kappa shape index (κ3) is 3.49. The maximum atomic E-state index is 10.9. The molecule has 1 heterocycles. The van der Waals surface area contributed by atoms with Crippen LogP contribution in [-0.2, 0) is 19.6 Å². The number of benzene rings is 2. The topological polar surface area (TPSA) is 54.3 Å². The van der Waals surface area contributed by atoms with E-state index in [9.17, 15) is 4.79 Å². The highest BCUT2D eigenvalue weighted by Gasteiger charge is 2.07. The fourth-order valence-electron chi connectivity index (χ4n) is 3.00. The van der Waals surface area contributed by atoms with Crippen molar-refractivity contribution in [2.24, 2.45) is 0 Å². The molecule has 24 heavy (non-hydrogen) atoms. The van der Waals surface area contributed by atoms with E-state index >= 15 is 0 Å². The molecule has 2 N–H and O–H groups in total. The largest absolute Gasteiger partial charge is 0.478 e. The molecular weight excluding hydrogens is 300 g/mol. The van der Waals surface area contributed by atoms with E-state index in [1.54, 1.807) is 12.1 Å². The molecule has 2 aromatic carbocycles. The second-order valence-corrected chi connectivity index (χ2v) is 5.97. The van der Waals surface area contributed by atoms with E-state index in [4.69, 9.17) is 5.11 Å². The zero-order valence-electron chi connectivity index (χ0n) is 13.8. The summed E-state index contributed by atoms with van der Waals surface area (Å²) in [6.07, 6.45) is 3.34. The molecule has 1 aromatic heterocycles. The first-order valence-electron chi connectivity index (χ1n) is 8.28. The number of aromatic carboxylic acids is 1. The molecular formula is C20H22N2O2. The first kappa shape index (κ1) is 16.3. The molecule has 0 aliphatic carbocycles. The van der Waals surface area contributed by atoms with Gasteiger partial charge in [-0.1, -0.05) is 37.3 Å². The lowest BCUT2D eigenvalue weighted by molar-refractivity contribution is 0.0697. The Morgan fingerprint density at radius 3 is 2.54 bits per heavy atom. The minimum Gasteiger partial charge on any atom is -0.478 e. The van der Waals surface area contributed by atoms with Crippen molar-refractivity contribution in [2.75, 3.05) is 0 Å². The predicted octanol–water partition coefficient (Wildman–Crippen LogP) is 4.04. The number of carboxylic acids is 1. The van der Waals surface area contributed by atoms with Crippen LogP contribution in [0, 0.1) is 0 Å². The summed E-state index contributed by atoms with van der Waals surface area (Å²) in [5.41, 5.74) is 3.97. The summed E-state index contributed by atoms with van der Waals surface area (Å²) in [7, 11) is 0. The Labute approximate surface area is 141 Å². The van der Waals surface area contributed by atoms with Crippen molar-refractivity contribution < 1.29 is 9.90 Å². The number of hydrogen-bond acceptors (Lipinski definition) is 2. The molecule has 3 rings (SSSR count). The lowest BCUT2D eigenvalue weighted by Crippen LogP contribution is -2.12. The third-order valence-electron chi connectivity index (χ3n) is 4.18. The average molecular weight is 322 g/mol. The lowest BCUT2D eigenvalue weighted by atomic mass is 10.1. The molecule has 0 radical (unpaired) electrons. The summed E-state index contributed by atoms with van der Waals surface area (Å²) < 4.78 is 2.31. The van der Waals surface area contributed by atoms with Crippen LogP contribution < -0.4 is 5.32 Å². The smallest absolute Gasteiger partial charge is 0.335 e. The van der Waals surface area contributed by atoms with Crippen LogP contribution in [-0.4, -0.2) is 15.6 Å².